The van der Waals surface area contributed by atoms with Gasteiger partial charge in [0, 0.05) is 25.5 Å². The molecule has 0 bridgehead atoms. The van der Waals surface area contributed by atoms with Crippen molar-refractivity contribution in [3.8, 4) is 0 Å². The molecular formula is C12H19N5O. The molecule has 1 fully saturated rings. The highest BCUT2D eigenvalue weighted by Gasteiger charge is 2.25. The molecule has 0 saturated carbocycles. The lowest BCUT2D eigenvalue weighted by atomic mass is 9.92. The number of nitrogens with zero attached hydrogens (tertiary/aromatic N) is 4. The fourth-order valence-electron chi connectivity index (χ4n) is 2.63. The largest absolute Gasteiger partial charge is 0.409 e. The quantitative estimate of drug-likeness (QED) is 0.354. The van der Waals surface area contributed by atoms with Crippen LogP contribution in [0.1, 0.15) is 26.0 Å². The lowest BCUT2D eigenvalue weighted by Crippen LogP contribution is -2.40. The summed E-state index contributed by atoms with van der Waals surface area (Å²) in [7, 11) is 0. The molecule has 0 amide bonds. The van der Waals surface area contributed by atoms with Crippen LogP contribution in [0, 0.1) is 11.8 Å². The third kappa shape index (κ3) is 2.52. The van der Waals surface area contributed by atoms with Crippen molar-refractivity contribution in [2.24, 2.45) is 22.7 Å². The number of hydrogen-bond acceptors (Lipinski definition) is 5. The van der Waals surface area contributed by atoms with E-state index in [4.69, 9.17) is 10.9 Å². The van der Waals surface area contributed by atoms with Gasteiger partial charge in [0.25, 0.3) is 0 Å². The zero-order chi connectivity index (χ0) is 13.1. The van der Waals surface area contributed by atoms with Gasteiger partial charge in [0.1, 0.15) is 0 Å². The summed E-state index contributed by atoms with van der Waals surface area (Å²) < 4.78 is 0. The lowest BCUT2D eigenvalue weighted by molar-refractivity contribution is 0.318. The molecule has 1 aliphatic rings. The summed E-state index contributed by atoms with van der Waals surface area (Å²) in [6.07, 6.45) is 4.40. The molecule has 0 aromatic carbocycles. The third-order valence-corrected chi connectivity index (χ3v) is 3.20. The lowest BCUT2D eigenvalue weighted by Gasteiger charge is -2.36. The average Bonchev–Trinajstić information content (AvgIpc) is 2.36. The molecule has 1 aromatic heterocycles. The predicted molar refractivity (Wildman–Crippen MR) is 69.7 cm³/mol. The van der Waals surface area contributed by atoms with Crippen LogP contribution in [0.3, 0.4) is 0 Å². The van der Waals surface area contributed by atoms with Crippen molar-refractivity contribution in [1.82, 2.24) is 9.97 Å². The summed E-state index contributed by atoms with van der Waals surface area (Å²) in [5.41, 5.74) is 6.09. The SMILES string of the molecule is CC1CC(C)CN(c2nccnc2C(N)=NO)C1. The molecule has 1 saturated heterocycles. The number of hydrogen-bond donors (Lipinski definition) is 2. The average molecular weight is 249 g/mol. The summed E-state index contributed by atoms with van der Waals surface area (Å²) in [6, 6.07) is 0. The smallest absolute Gasteiger partial charge is 0.192 e. The van der Waals surface area contributed by atoms with E-state index in [2.05, 4.69) is 33.9 Å². The van der Waals surface area contributed by atoms with Crippen LogP contribution in [0.5, 0.6) is 0 Å². The molecule has 1 aromatic rings. The second-order valence-corrected chi connectivity index (χ2v) is 5.06. The Hall–Kier alpha value is -1.85. The van der Waals surface area contributed by atoms with Crippen LogP contribution in [0.4, 0.5) is 5.82 Å². The van der Waals surface area contributed by atoms with Gasteiger partial charge in [0.2, 0.25) is 0 Å². The molecule has 6 nitrogen and oxygen atoms in total. The van der Waals surface area contributed by atoms with E-state index in [0.717, 1.165) is 13.1 Å². The number of anilines is 1. The summed E-state index contributed by atoms with van der Waals surface area (Å²) >= 11 is 0. The highest BCUT2D eigenvalue weighted by molar-refractivity contribution is 5.99. The first-order valence-corrected chi connectivity index (χ1v) is 6.15. The summed E-state index contributed by atoms with van der Waals surface area (Å²) in [5.74, 6) is 1.92. The van der Waals surface area contributed by atoms with Crippen molar-refractivity contribution in [1.29, 1.82) is 0 Å². The molecule has 2 atom stereocenters. The maximum Gasteiger partial charge on any atom is 0.192 e. The highest BCUT2D eigenvalue weighted by atomic mass is 16.4. The Balaban J connectivity index is 2.32. The minimum Gasteiger partial charge on any atom is -0.409 e. The number of amidine groups is 1. The second-order valence-electron chi connectivity index (χ2n) is 5.06. The molecule has 98 valence electrons. The summed E-state index contributed by atoms with van der Waals surface area (Å²) in [6.45, 7) is 6.30. The molecular weight excluding hydrogens is 230 g/mol. The molecule has 2 unspecified atom stereocenters. The number of rotatable bonds is 2. The van der Waals surface area contributed by atoms with E-state index in [1.54, 1.807) is 12.4 Å². The molecule has 1 aliphatic heterocycles. The summed E-state index contributed by atoms with van der Waals surface area (Å²) in [4.78, 5) is 10.7. The Morgan fingerprint density at radius 3 is 2.56 bits per heavy atom. The van der Waals surface area contributed by atoms with E-state index in [0.29, 0.717) is 23.3 Å². The Labute approximate surface area is 107 Å². The van der Waals surface area contributed by atoms with E-state index in [1.807, 2.05) is 0 Å². The second kappa shape index (κ2) is 5.20. The van der Waals surface area contributed by atoms with Crippen LogP contribution in [0.15, 0.2) is 17.5 Å². The fourth-order valence-corrected chi connectivity index (χ4v) is 2.63. The van der Waals surface area contributed by atoms with Gasteiger partial charge in [-0.15, -0.1) is 0 Å². The monoisotopic (exact) mass is 249 g/mol. The van der Waals surface area contributed by atoms with Crippen LogP contribution >= 0.6 is 0 Å². The maximum atomic E-state index is 8.79. The molecule has 2 rings (SSSR count). The van der Waals surface area contributed by atoms with Crippen LogP contribution in [0.25, 0.3) is 0 Å². The molecule has 0 radical (unpaired) electrons. The Kier molecular flexibility index (Phi) is 3.64. The fraction of sp³-hybridized carbons (Fsp3) is 0.583. The number of aromatic nitrogens is 2. The van der Waals surface area contributed by atoms with E-state index in [-0.39, 0.29) is 5.84 Å². The number of piperidine rings is 1. The van der Waals surface area contributed by atoms with Gasteiger partial charge in [-0.3, -0.25) is 0 Å². The van der Waals surface area contributed by atoms with Crippen LogP contribution in [0.2, 0.25) is 0 Å². The highest BCUT2D eigenvalue weighted by Crippen LogP contribution is 2.26. The molecule has 0 aliphatic carbocycles. The van der Waals surface area contributed by atoms with E-state index < -0.39 is 0 Å². The number of oxime groups is 1. The van der Waals surface area contributed by atoms with Crippen molar-refractivity contribution < 1.29 is 5.21 Å². The number of nitrogens with two attached hydrogens (primary N) is 1. The third-order valence-electron chi connectivity index (χ3n) is 3.20. The molecule has 6 heteroatoms. The van der Waals surface area contributed by atoms with Crippen molar-refractivity contribution >= 4 is 11.7 Å². The van der Waals surface area contributed by atoms with Gasteiger partial charge in [0.15, 0.2) is 17.3 Å². The van der Waals surface area contributed by atoms with Gasteiger partial charge in [-0.1, -0.05) is 19.0 Å². The van der Waals surface area contributed by atoms with Crippen LogP contribution in [-0.4, -0.2) is 34.1 Å². The van der Waals surface area contributed by atoms with E-state index in [9.17, 15) is 0 Å². The Morgan fingerprint density at radius 2 is 1.94 bits per heavy atom. The zero-order valence-electron chi connectivity index (χ0n) is 10.7. The molecule has 3 N–H and O–H groups in total. The normalized spacial score (nSPS) is 25.2. The van der Waals surface area contributed by atoms with E-state index >= 15 is 0 Å². The molecule has 18 heavy (non-hydrogen) atoms. The van der Waals surface area contributed by atoms with E-state index in [1.165, 1.54) is 6.42 Å². The molecule has 0 spiro atoms. The minimum atomic E-state index is 0.00368. The Bertz CT molecular complexity index is 438. The van der Waals surface area contributed by atoms with Crippen molar-refractivity contribution in [3.05, 3.63) is 18.1 Å². The first kappa shape index (κ1) is 12.6. The maximum absolute atomic E-state index is 8.79. The first-order chi connectivity index (χ1) is 8.61. The zero-order valence-corrected chi connectivity index (χ0v) is 10.7. The van der Waals surface area contributed by atoms with Crippen molar-refractivity contribution in [2.75, 3.05) is 18.0 Å². The van der Waals surface area contributed by atoms with Gasteiger partial charge >= 0.3 is 0 Å². The van der Waals surface area contributed by atoms with Crippen molar-refractivity contribution in [2.45, 2.75) is 20.3 Å². The van der Waals surface area contributed by atoms with Crippen LogP contribution < -0.4 is 10.6 Å². The first-order valence-electron chi connectivity index (χ1n) is 6.15. The minimum absolute atomic E-state index is 0.00368. The van der Waals surface area contributed by atoms with Gasteiger partial charge in [-0.05, 0) is 18.3 Å². The standard InChI is InChI=1S/C12H19N5O/c1-8-5-9(2)7-17(6-8)12-10(11(13)16-18)14-3-4-15-12/h3-4,8-9,18H,5-7H2,1-2H3,(H2,13,16). The van der Waals surface area contributed by atoms with Gasteiger partial charge in [-0.25, -0.2) is 9.97 Å². The molecule has 2 heterocycles. The van der Waals surface area contributed by atoms with Crippen LogP contribution in [-0.2, 0) is 0 Å². The Morgan fingerprint density at radius 1 is 1.33 bits per heavy atom. The van der Waals surface area contributed by atoms with Gasteiger partial charge < -0.3 is 15.8 Å². The van der Waals surface area contributed by atoms with Gasteiger partial charge in [0.05, 0.1) is 0 Å². The topological polar surface area (TPSA) is 87.6 Å². The predicted octanol–water partition coefficient (Wildman–Crippen LogP) is 1.05. The summed E-state index contributed by atoms with van der Waals surface area (Å²) in [5, 5.41) is 11.8. The van der Waals surface area contributed by atoms with Crippen molar-refractivity contribution in [3.63, 3.8) is 0 Å². The van der Waals surface area contributed by atoms with Gasteiger partial charge in [-0.2, -0.15) is 0 Å².